The molecule has 0 atom stereocenters. The van der Waals surface area contributed by atoms with Crippen LogP contribution in [0.3, 0.4) is 0 Å². The summed E-state index contributed by atoms with van der Waals surface area (Å²) in [5.41, 5.74) is 2.87. The zero-order chi connectivity index (χ0) is 19.0. The van der Waals surface area contributed by atoms with E-state index in [-0.39, 0.29) is 5.78 Å². The Morgan fingerprint density at radius 1 is 1.19 bits per heavy atom. The summed E-state index contributed by atoms with van der Waals surface area (Å²) in [5, 5.41) is 0. The van der Waals surface area contributed by atoms with Crippen LogP contribution in [0.1, 0.15) is 30.0 Å². The SMILES string of the molecule is CCn1c(Cn2ccnc2-c2cccc(F)n2)nc2cc(C(C)=O)ccc21. The molecule has 1 aromatic carbocycles. The number of carbonyl (C=O) groups is 1. The fourth-order valence-electron chi connectivity index (χ4n) is 3.23. The summed E-state index contributed by atoms with van der Waals surface area (Å²) < 4.78 is 17.5. The maximum Gasteiger partial charge on any atom is 0.213 e. The van der Waals surface area contributed by atoms with Crippen molar-refractivity contribution in [1.82, 2.24) is 24.1 Å². The smallest absolute Gasteiger partial charge is 0.213 e. The lowest BCUT2D eigenvalue weighted by Crippen LogP contribution is -2.09. The number of carbonyl (C=O) groups excluding carboxylic acids is 1. The van der Waals surface area contributed by atoms with Gasteiger partial charge in [0.2, 0.25) is 5.95 Å². The molecule has 0 unspecified atom stereocenters. The number of aryl methyl sites for hydroxylation is 1. The lowest BCUT2D eigenvalue weighted by molar-refractivity contribution is 0.101. The minimum absolute atomic E-state index is 0.0126. The van der Waals surface area contributed by atoms with E-state index in [4.69, 9.17) is 4.98 Å². The maximum atomic E-state index is 13.5. The second-order valence-corrected chi connectivity index (χ2v) is 6.26. The van der Waals surface area contributed by atoms with Gasteiger partial charge in [0.1, 0.15) is 11.5 Å². The third-order valence-electron chi connectivity index (χ3n) is 4.52. The van der Waals surface area contributed by atoms with Gasteiger partial charge in [-0.1, -0.05) is 6.07 Å². The third kappa shape index (κ3) is 3.12. The summed E-state index contributed by atoms with van der Waals surface area (Å²) in [6, 6.07) is 10.2. The molecule has 0 fully saturated rings. The number of benzene rings is 1. The average molecular weight is 363 g/mol. The zero-order valence-corrected chi connectivity index (χ0v) is 15.1. The lowest BCUT2D eigenvalue weighted by Gasteiger charge is -2.09. The van der Waals surface area contributed by atoms with Crippen LogP contribution in [-0.2, 0) is 13.1 Å². The average Bonchev–Trinajstić information content (AvgIpc) is 3.25. The van der Waals surface area contributed by atoms with E-state index in [1.54, 1.807) is 25.3 Å². The summed E-state index contributed by atoms with van der Waals surface area (Å²) in [6.07, 6.45) is 3.48. The van der Waals surface area contributed by atoms with Crippen LogP contribution < -0.4 is 0 Å². The topological polar surface area (TPSA) is 65.6 Å². The number of nitrogens with zero attached hydrogens (tertiary/aromatic N) is 5. The molecule has 0 amide bonds. The van der Waals surface area contributed by atoms with Crippen molar-refractivity contribution in [3.63, 3.8) is 0 Å². The normalized spacial score (nSPS) is 11.2. The third-order valence-corrected chi connectivity index (χ3v) is 4.52. The molecule has 0 N–H and O–H groups in total. The Kier molecular flexibility index (Phi) is 4.27. The standard InChI is InChI=1S/C20H18FN5O/c1-3-26-17-8-7-14(13(2)27)11-16(17)24-19(26)12-25-10-9-22-20(25)15-5-4-6-18(21)23-15/h4-11H,3,12H2,1-2H3. The highest BCUT2D eigenvalue weighted by Crippen LogP contribution is 2.21. The summed E-state index contributed by atoms with van der Waals surface area (Å²) in [5.74, 6) is 0.885. The number of aromatic nitrogens is 5. The number of rotatable bonds is 5. The highest BCUT2D eigenvalue weighted by atomic mass is 19.1. The quantitative estimate of drug-likeness (QED) is 0.400. The summed E-state index contributed by atoms with van der Waals surface area (Å²) in [4.78, 5) is 24.6. The molecular formula is C20H18FN5O. The summed E-state index contributed by atoms with van der Waals surface area (Å²) in [6.45, 7) is 4.80. The molecule has 6 nitrogen and oxygen atoms in total. The number of hydrogen-bond donors (Lipinski definition) is 0. The van der Waals surface area contributed by atoms with Crippen LogP contribution >= 0.6 is 0 Å². The molecule has 0 aliphatic rings. The van der Waals surface area contributed by atoms with Crippen molar-refractivity contribution < 1.29 is 9.18 Å². The van der Waals surface area contributed by atoms with Crippen LogP contribution in [0.25, 0.3) is 22.6 Å². The summed E-state index contributed by atoms with van der Waals surface area (Å²) in [7, 11) is 0. The van der Waals surface area contributed by atoms with Gasteiger partial charge in [-0.05, 0) is 44.2 Å². The zero-order valence-electron chi connectivity index (χ0n) is 15.1. The Hall–Kier alpha value is -3.35. The van der Waals surface area contributed by atoms with Crippen molar-refractivity contribution in [2.75, 3.05) is 0 Å². The molecule has 27 heavy (non-hydrogen) atoms. The van der Waals surface area contributed by atoms with Gasteiger partial charge in [0.15, 0.2) is 11.6 Å². The number of pyridine rings is 1. The first-order chi connectivity index (χ1) is 13.1. The number of halogens is 1. The largest absolute Gasteiger partial charge is 0.327 e. The molecule has 0 aliphatic heterocycles. The minimum atomic E-state index is -0.542. The Labute approximate surface area is 155 Å². The molecule has 0 bridgehead atoms. The molecule has 0 saturated heterocycles. The first-order valence-corrected chi connectivity index (χ1v) is 8.71. The predicted octanol–water partition coefficient (Wildman–Crippen LogP) is 3.70. The second-order valence-electron chi connectivity index (χ2n) is 6.26. The lowest BCUT2D eigenvalue weighted by atomic mass is 10.1. The van der Waals surface area contributed by atoms with Crippen molar-refractivity contribution in [2.45, 2.75) is 26.9 Å². The van der Waals surface area contributed by atoms with Gasteiger partial charge in [0, 0.05) is 24.5 Å². The Morgan fingerprint density at radius 2 is 2.04 bits per heavy atom. The van der Waals surface area contributed by atoms with Crippen LogP contribution in [0.2, 0.25) is 0 Å². The number of hydrogen-bond acceptors (Lipinski definition) is 4. The predicted molar refractivity (Wildman–Crippen MR) is 99.9 cm³/mol. The first kappa shape index (κ1) is 17.1. The van der Waals surface area contributed by atoms with Crippen LogP contribution in [0.4, 0.5) is 4.39 Å². The maximum absolute atomic E-state index is 13.5. The first-order valence-electron chi connectivity index (χ1n) is 8.71. The number of imidazole rings is 2. The van der Waals surface area contributed by atoms with Gasteiger partial charge < -0.3 is 9.13 Å². The number of Topliss-reactive ketones (excluding diaryl/α,β-unsaturated/α-hetero) is 1. The molecular weight excluding hydrogens is 345 g/mol. The van der Waals surface area contributed by atoms with Gasteiger partial charge in [-0.3, -0.25) is 4.79 Å². The minimum Gasteiger partial charge on any atom is -0.327 e. The van der Waals surface area contributed by atoms with Crippen LogP contribution in [-0.4, -0.2) is 29.9 Å². The van der Waals surface area contributed by atoms with Gasteiger partial charge in [-0.2, -0.15) is 4.39 Å². The number of fused-ring (bicyclic) bond motifs is 1. The van der Waals surface area contributed by atoms with E-state index in [0.29, 0.717) is 23.6 Å². The molecule has 7 heteroatoms. The van der Waals surface area contributed by atoms with E-state index in [2.05, 4.69) is 14.5 Å². The molecule has 0 radical (unpaired) electrons. The van der Waals surface area contributed by atoms with Crippen molar-refractivity contribution >= 4 is 16.8 Å². The van der Waals surface area contributed by atoms with E-state index in [0.717, 1.165) is 23.4 Å². The fraction of sp³-hybridized carbons (Fsp3) is 0.200. The van der Waals surface area contributed by atoms with Crippen LogP contribution in [0, 0.1) is 5.95 Å². The molecule has 4 rings (SSSR count). The highest BCUT2D eigenvalue weighted by Gasteiger charge is 2.15. The van der Waals surface area contributed by atoms with Crippen molar-refractivity contribution in [3.8, 4) is 11.5 Å². The molecule has 0 saturated carbocycles. The van der Waals surface area contributed by atoms with Crippen molar-refractivity contribution in [2.24, 2.45) is 0 Å². The molecule has 0 spiro atoms. The Balaban J connectivity index is 1.76. The van der Waals surface area contributed by atoms with E-state index < -0.39 is 5.95 Å². The molecule has 136 valence electrons. The second kappa shape index (κ2) is 6.75. The van der Waals surface area contributed by atoms with Crippen LogP contribution in [0.5, 0.6) is 0 Å². The molecule has 0 aliphatic carbocycles. The van der Waals surface area contributed by atoms with Gasteiger partial charge in [-0.25, -0.2) is 15.0 Å². The number of ketones is 1. The van der Waals surface area contributed by atoms with Crippen molar-refractivity contribution in [3.05, 3.63) is 66.1 Å². The molecule has 3 aromatic heterocycles. The fourth-order valence-corrected chi connectivity index (χ4v) is 3.23. The van der Waals surface area contributed by atoms with Gasteiger partial charge in [0.05, 0.1) is 17.6 Å². The monoisotopic (exact) mass is 363 g/mol. The molecule has 3 heterocycles. The van der Waals surface area contributed by atoms with Crippen LogP contribution in [0.15, 0.2) is 48.8 Å². The van der Waals surface area contributed by atoms with E-state index in [1.807, 2.05) is 35.9 Å². The van der Waals surface area contributed by atoms with E-state index in [1.165, 1.54) is 6.07 Å². The highest BCUT2D eigenvalue weighted by molar-refractivity contribution is 5.97. The Morgan fingerprint density at radius 3 is 2.78 bits per heavy atom. The van der Waals surface area contributed by atoms with Crippen molar-refractivity contribution in [1.29, 1.82) is 0 Å². The summed E-state index contributed by atoms with van der Waals surface area (Å²) >= 11 is 0. The van der Waals surface area contributed by atoms with Gasteiger partial charge >= 0.3 is 0 Å². The van der Waals surface area contributed by atoms with Gasteiger partial charge in [-0.15, -0.1) is 0 Å². The Bertz CT molecular complexity index is 1140. The molecule has 4 aromatic rings. The van der Waals surface area contributed by atoms with Gasteiger partial charge in [0.25, 0.3) is 0 Å². The van der Waals surface area contributed by atoms with E-state index in [9.17, 15) is 9.18 Å². The van der Waals surface area contributed by atoms with E-state index >= 15 is 0 Å².